The molecular formula is C26H23ClN2O4S. The summed E-state index contributed by atoms with van der Waals surface area (Å²) in [6.45, 7) is 3.68. The highest BCUT2D eigenvalue weighted by Gasteiger charge is 2.42. The van der Waals surface area contributed by atoms with Crippen LogP contribution in [0.15, 0.2) is 78.4 Å². The van der Waals surface area contributed by atoms with Crippen molar-refractivity contribution in [2.45, 2.75) is 26.9 Å². The van der Waals surface area contributed by atoms with Crippen LogP contribution in [0.3, 0.4) is 0 Å². The zero-order valence-corrected chi connectivity index (χ0v) is 20.3. The largest absolute Gasteiger partial charge is 0.348 e. The zero-order valence-electron chi connectivity index (χ0n) is 18.7. The summed E-state index contributed by atoms with van der Waals surface area (Å²) >= 11 is 5.87. The van der Waals surface area contributed by atoms with E-state index in [-0.39, 0.29) is 22.9 Å². The molecule has 174 valence electrons. The van der Waals surface area contributed by atoms with Gasteiger partial charge in [-0.1, -0.05) is 65.7 Å². The van der Waals surface area contributed by atoms with Crippen molar-refractivity contribution in [1.29, 1.82) is 0 Å². The first-order chi connectivity index (χ1) is 16.2. The molecule has 0 fully saturated rings. The third-order valence-corrected chi connectivity index (χ3v) is 7.84. The van der Waals surface area contributed by atoms with E-state index in [0.29, 0.717) is 28.3 Å². The normalized spacial score (nSPS) is 15.0. The SMILES string of the molecule is CC1=C(c2ccc(C)cc2)S(=O)(=O)N(Cc2ccc(C(=O)NCc3ccc(Cl)cc3)cc2)C1=O. The lowest BCUT2D eigenvalue weighted by atomic mass is 10.1. The number of carbonyl (C=O) groups is 2. The van der Waals surface area contributed by atoms with E-state index in [1.165, 1.54) is 6.92 Å². The van der Waals surface area contributed by atoms with Gasteiger partial charge in [0.15, 0.2) is 0 Å². The Balaban J connectivity index is 1.46. The summed E-state index contributed by atoms with van der Waals surface area (Å²) in [6.07, 6.45) is 0. The maximum absolute atomic E-state index is 13.2. The molecule has 0 spiro atoms. The average molecular weight is 495 g/mol. The number of amides is 2. The van der Waals surface area contributed by atoms with E-state index < -0.39 is 15.9 Å². The minimum absolute atomic E-state index is 0.0377. The summed E-state index contributed by atoms with van der Waals surface area (Å²) in [5.41, 5.74) is 3.64. The summed E-state index contributed by atoms with van der Waals surface area (Å²) in [4.78, 5) is 25.3. The Morgan fingerprint density at radius 1 is 0.882 bits per heavy atom. The summed E-state index contributed by atoms with van der Waals surface area (Å²) in [6, 6.07) is 20.8. The molecule has 34 heavy (non-hydrogen) atoms. The average Bonchev–Trinajstić information content (AvgIpc) is 2.99. The van der Waals surface area contributed by atoms with Crippen molar-refractivity contribution in [3.05, 3.63) is 111 Å². The fraction of sp³-hybridized carbons (Fsp3) is 0.154. The van der Waals surface area contributed by atoms with E-state index in [1.54, 1.807) is 48.5 Å². The van der Waals surface area contributed by atoms with Crippen LogP contribution in [0, 0.1) is 6.92 Å². The van der Waals surface area contributed by atoms with Crippen LogP contribution in [0.4, 0.5) is 0 Å². The van der Waals surface area contributed by atoms with Crippen LogP contribution < -0.4 is 5.32 Å². The predicted molar refractivity (Wildman–Crippen MR) is 132 cm³/mol. The van der Waals surface area contributed by atoms with Gasteiger partial charge in [0.2, 0.25) is 0 Å². The summed E-state index contributed by atoms with van der Waals surface area (Å²) in [5, 5.41) is 3.46. The van der Waals surface area contributed by atoms with Gasteiger partial charge >= 0.3 is 0 Å². The molecule has 0 saturated heterocycles. The van der Waals surface area contributed by atoms with E-state index in [1.807, 2.05) is 31.2 Å². The molecule has 1 N–H and O–H groups in total. The number of hydrogen-bond acceptors (Lipinski definition) is 4. The maximum atomic E-state index is 13.2. The molecule has 0 bridgehead atoms. The lowest BCUT2D eigenvalue weighted by Gasteiger charge is -2.17. The van der Waals surface area contributed by atoms with Gasteiger partial charge in [-0.25, -0.2) is 12.7 Å². The van der Waals surface area contributed by atoms with Crippen LogP contribution in [0.5, 0.6) is 0 Å². The second-order valence-corrected chi connectivity index (χ2v) is 10.4. The second kappa shape index (κ2) is 9.44. The highest BCUT2D eigenvalue weighted by molar-refractivity contribution is 7.99. The highest BCUT2D eigenvalue weighted by atomic mass is 35.5. The highest BCUT2D eigenvalue weighted by Crippen LogP contribution is 2.36. The molecule has 6 nitrogen and oxygen atoms in total. The van der Waals surface area contributed by atoms with Gasteiger partial charge in [-0.2, -0.15) is 0 Å². The van der Waals surface area contributed by atoms with Crippen LogP contribution in [0.2, 0.25) is 5.02 Å². The predicted octanol–water partition coefficient (Wildman–Crippen LogP) is 4.68. The third-order valence-electron chi connectivity index (χ3n) is 5.66. The fourth-order valence-electron chi connectivity index (χ4n) is 3.74. The van der Waals surface area contributed by atoms with E-state index >= 15 is 0 Å². The number of rotatable bonds is 6. The van der Waals surface area contributed by atoms with Crippen LogP contribution in [0.25, 0.3) is 4.91 Å². The topological polar surface area (TPSA) is 83.6 Å². The molecule has 0 saturated carbocycles. The van der Waals surface area contributed by atoms with Gasteiger partial charge in [0.1, 0.15) is 4.91 Å². The number of halogens is 1. The van der Waals surface area contributed by atoms with E-state index in [9.17, 15) is 18.0 Å². The molecular weight excluding hydrogens is 472 g/mol. The minimum Gasteiger partial charge on any atom is -0.348 e. The van der Waals surface area contributed by atoms with E-state index in [2.05, 4.69) is 5.32 Å². The summed E-state index contributed by atoms with van der Waals surface area (Å²) < 4.78 is 27.3. The standard InChI is InChI=1S/C26H23ClN2O4S/c1-17-3-9-21(10-4-17)24-18(2)26(31)29(34(24,32)33)16-20-5-11-22(12-6-20)25(30)28-15-19-7-13-23(27)14-8-19/h3-14H,15-16H2,1-2H3,(H,28,30). The Hall–Kier alpha value is -3.42. The van der Waals surface area contributed by atoms with E-state index in [4.69, 9.17) is 11.6 Å². The second-order valence-electron chi connectivity index (χ2n) is 8.14. The number of aryl methyl sites for hydroxylation is 1. The number of sulfonamides is 1. The van der Waals surface area contributed by atoms with Gasteiger partial charge < -0.3 is 5.32 Å². The molecule has 0 aromatic heterocycles. The van der Waals surface area contributed by atoms with Gasteiger partial charge in [0, 0.05) is 22.7 Å². The smallest absolute Gasteiger partial charge is 0.268 e. The molecule has 0 atom stereocenters. The Labute approximate surface area is 203 Å². The van der Waals surface area contributed by atoms with Crippen molar-refractivity contribution in [2.75, 3.05) is 0 Å². The van der Waals surface area contributed by atoms with Gasteiger partial charge in [-0.15, -0.1) is 0 Å². The minimum atomic E-state index is -3.98. The van der Waals surface area contributed by atoms with Gasteiger partial charge in [0.05, 0.1) is 6.54 Å². The Morgan fingerprint density at radius 2 is 1.47 bits per heavy atom. The maximum Gasteiger partial charge on any atom is 0.268 e. The van der Waals surface area contributed by atoms with Crippen molar-refractivity contribution in [2.24, 2.45) is 0 Å². The molecule has 1 aliphatic heterocycles. The Morgan fingerprint density at radius 3 is 2.09 bits per heavy atom. The van der Waals surface area contributed by atoms with Crippen molar-refractivity contribution >= 4 is 38.3 Å². The molecule has 0 aliphatic carbocycles. The molecule has 8 heteroatoms. The summed E-state index contributed by atoms with van der Waals surface area (Å²) in [7, 11) is -3.98. The first-order valence-electron chi connectivity index (χ1n) is 10.6. The Kier molecular flexibility index (Phi) is 6.59. The molecule has 0 unspecified atom stereocenters. The van der Waals surface area contributed by atoms with Crippen molar-refractivity contribution in [1.82, 2.24) is 9.62 Å². The molecule has 2 amide bonds. The number of carbonyl (C=O) groups excluding carboxylic acids is 2. The molecule has 3 aromatic carbocycles. The van der Waals surface area contributed by atoms with Crippen LogP contribution in [0.1, 0.15) is 39.5 Å². The fourth-order valence-corrected chi connectivity index (χ4v) is 5.67. The number of nitrogens with zero attached hydrogens (tertiary/aromatic N) is 1. The number of benzene rings is 3. The van der Waals surface area contributed by atoms with Crippen LogP contribution >= 0.6 is 11.6 Å². The molecule has 1 heterocycles. The number of hydrogen-bond donors (Lipinski definition) is 1. The Bertz CT molecular complexity index is 1380. The monoisotopic (exact) mass is 494 g/mol. The van der Waals surface area contributed by atoms with Gasteiger partial charge in [-0.3, -0.25) is 9.59 Å². The zero-order chi connectivity index (χ0) is 24.5. The van der Waals surface area contributed by atoms with E-state index in [0.717, 1.165) is 15.4 Å². The van der Waals surface area contributed by atoms with Crippen molar-refractivity contribution in [3.8, 4) is 0 Å². The van der Waals surface area contributed by atoms with Gasteiger partial charge in [-0.05, 0) is 54.8 Å². The van der Waals surface area contributed by atoms with Crippen LogP contribution in [-0.4, -0.2) is 24.5 Å². The lowest BCUT2D eigenvalue weighted by molar-refractivity contribution is -0.122. The summed E-state index contributed by atoms with van der Waals surface area (Å²) in [5.74, 6) is -0.800. The molecule has 4 rings (SSSR count). The number of nitrogens with one attached hydrogen (secondary N) is 1. The van der Waals surface area contributed by atoms with Crippen molar-refractivity contribution in [3.63, 3.8) is 0 Å². The lowest BCUT2D eigenvalue weighted by Crippen LogP contribution is -2.31. The molecule has 1 aliphatic rings. The van der Waals surface area contributed by atoms with Crippen molar-refractivity contribution < 1.29 is 18.0 Å². The third kappa shape index (κ3) is 4.76. The van der Waals surface area contributed by atoms with Crippen LogP contribution in [-0.2, 0) is 27.9 Å². The molecule has 0 radical (unpaired) electrons. The van der Waals surface area contributed by atoms with Gasteiger partial charge in [0.25, 0.3) is 21.8 Å². The first-order valence-corrected chi connectivity index (χ1v) is 12.4. The quantitative estimate of drug-likeness (QED) is 0.539. The molecule has 3 aromatic rings. The first kappa shape index (κ1) is 23.7.